The van der Waals surface area contributed by atoms with Gasteiger partial charge in [0.05, 0.1) is 6.54 Å². The van der Waals surface area contributed by atoms with Gasteiger partial charge in [0.1, 0.15) is 17.4 Å². The first-order valence-electron chi connectivity index (χ1n) is 10.2. The van der Waals surface area contributed by atoms with Crippen molar-refractivity contribution in [1.82, 2.24) is 20.1 Å². The van der Waals surface area contributed by atoms with E-state index in [4.69, 9.17) is 4.74 Å². The number of hydrogen-bond acceptors (Lipinski definition) is 4. The minimum absolute atomic E-state index is 0.145. The van der Waals surface area contributed by atoms with E-state index < -0.39 is 5.82 Å². The summed E-state index contributed by atoms with van der Waals surface area (Å²) in [6.45, 7) is 1.34. The lowest BCUT2D eigenvalue weighted by Crippen LogP contribution is -2.42. The van der Waals surface area contributed by atoms with Gasteiger partial charge in [-0.1, -0.05) is 30.3 Å². The van der Waals surface area contributed by atoms with Crippen LogP contribution in [0.2, 0.25) is 0 Å². The summed E-state index contributed by atoms with van der Waals surface area (Å²) in [6.07, 6.45) is 1.56. The van der Waals surface area contributed by atoms with E-state index in [-0.39, 0.29) is 30.8 Å². The van der Waals surface area contributed by atoms with Crippen molar-refractivity contribution in [2.45, 2.75) is 13.1 Å². The molecule has 32 heavy (non-hydrogen) atoms. The van der Waals surface area contributed by atoms with Gasteiger partial charge in [0.15, 0.2) is 0 Å². The number of nitrogens with one attached hydrogen (secondary N) is 1. The number of carbonyl (C=O) groups is 1. The van der Waals surface area contributed by atoms with E-state index in [1.54, 1.807) is 53.6 Å². The van der Waals surface area contributed by atoms with Crippen LogP contribution in [0.25, 0.3) is 0 Å². The maximum atomic E-state index is 14.1. The van der Waals surface area contributed by atoms with Gasteiger partial charge in [0, 0.05) is 43.0 Å². The minimum Gasteiger partial charge on any atom is -0.439 e. The number of pyridine rings is 1. The minimum atomic E-state index is -0.419. The maximum Gasteiger partial charge on any atom is 0.318 e. The fourth-order valence-corrected chi connectivity index (χ4v) is 2.98. The number of ether oxygens (including phenoxy) is 1. The van der Waals surface area contributed by atoms with Crippen molar-refractivity contribution in [3.8, 4) is 11.6 Å². The van der Waals surface area contributed by atoms with Crippen LogP contribution in [0.3, 0.4) is 0 Å². The molecule has 0 saturated heterocycles. The van der Waals surface area contributed by atoms with E-state index in [0.29, 0.717) is 30.0 Å². The first-order chi connectivity index (χ1) is 15.4. The van der Waals surface area contributed by atoms with Gasteiger partial charge >= 0.3 is 6.03 Å². The SMILES string of the molecule is CN(C)CCN(Cc1ccccc1F)C(=O)NCc1cccnc1Oc1cccc(F)c1. The maximum absolute atomic E-state index is 14.1. The Balaban J connectivity index is 1.69. The second kappa shape index (κ2) is 11.2. The lowest BCUT2D eigenvalue weighted by atomic mass is 10.2. The third-order valence-electron chi connectivity index (χ3n) is 4.71. The van der Waals surface area contributed by atoms with Crippen molar-refractivity contribution in [3.63, 3.8) is 0 Å². The summed E-state index contributed by atoms with van der Waals surface area (Å²) in [7, 11) is 3.82. The zero-order valence-corrected chi connectivity index (χ0v) is 18.1. The first kappa shape index (κ1) is 23.1. The fraction of sp³-hybridized carbons (Fsp3) is 0.250. The molecule has 0 fully saturated rings. The number of halogens is 2. The number of urea groups is 1. The Morgan fingerprint density at radius 1 is 1.00 bits per heavy atom. The predicted molar refractivity (Wildman–Crippen MR) is 118 cm³/mol. The molecular formula is C24H26F2N4O2. The van der Waals surface area contributed by atoms with Crippen LogP contribution in [-0.4, -0.2) is 48.0 Å². The van der Waals surface area contributed by atoms with Gasteiger partial charge in [-0.2, -0.15) is 0 Å². The highest BCUT2D eigenvalue weighted by molar-refractivity contribution is 5.74. The molecule has 1 aromatic heterocycles. The van der Waals surface area contributed by atoms with E-state index in [2.05, 4.69) is 10.3 Å². The molecule has 0 atom stereocenters. The van der Waals surface area contributed by atoms with Crippen LogP contribution in [0.1, 0.15) is 11.1 Å². The summed E-state index contributed by atoms with van der Waals surface area (Å²) in [5.74, 6) is -0.193. The van der Waals surface area contributed by atoms with Crippen LogP contribution in [0.15, 0.2) is 66.9 Å². The largest absolute Gasteiger partial charge is 0.439 e. The number of aromatic nitrogens is 1. The lowest BCUT2D eigenvalue weighted by molar-refractivity contribution is 0.187. The topological polar surface area (TPSA) is 57.7 Å². The molecule has 6 nitrogen and oxygen atoms in total. The van der Waals surface area contributed by atoms with Crippen molar-refractivity contribution < 1.29 is 18.3 Å². The Kier molecular flexibility index (Phi) is 8.10. The third-order valence-corrected chi connectivity index (χ3v) is 4.71. The number of rotatable bonds is 9. The molecule has 1 N–H and O–H groups in total. The molecule has 2 amide bonds. The molecule has 3 rings (SSSR count). The van der Waals surface area contributed by atoms with Crippen LogP contribution < -0.4 is 10.1 Å². The van der Waals surface area contributed by atoms with Crippen LogP contribution in [-0.2, 0) is 13.1 Å². The van der Waals surface area contributed by atoms with Gasteiger partial charge in [-0.05, 0) is 38.4 Å². The number of benzene rings is 2. The quantitative estimate of drug-likeness (QED) is 0.535. The molecule has 0 aliphatic carbocycles. The summed E-state index contributed by atoms with van der Waals surface area (Å²) < 4.78 is 33.3. The number of carbonyl (C=O) groups excluding carboxylic acids is 1. The molecule has 0 unspecified atom stereocenters. The molecule has 2 aromatic carbocycles. The van der Waals surface area contributed by atoms with E-state index in [0.717, 1.165) is 0 Å². The van der Waals surface area contributed by atoms with Crippen molar-refractivity contribution in [3.05, 3.63) is 89.6 Å². The number of likely N-dealkylation sites (N-methyl/N-ethyl adjacent to an activating group) is 1. The average molecular weight is 440 g/mol. The molecular weight excluding hydrogens is 414 g/mol. The summed E-state index contributed by atoms with van der Waals surface area (Å²) in [4.78, 5) is 20.6. The van der Waals surface area contributed by atoms with Crippen LogP contribution >= 0.6 is 0 Å². The second-order valence-electron chi connectivity index (χ2n) is 7.50. The molecule has 0 saturated carbocycles. The van der Waals surface area contributed by atoms with Crippen molar-refractivity contribution in [2.75, 3.05) is 27.2 Å². The molecule has 0 bridgehead atoms. The highest BCUT2D eigenvalue weighted by Crippen LogP contribution is 2.23. The zero-order valence-electron chi connectivity index (χ0n) is 18.1. The monoisotopic (exact) mass is 440 g/mol. The molecule has 1 heterocycles. The number of amides is 2. The van der Waals surface area contributed by atoms with Gasteiger partial charge in [-0.3, -0.25) is 0 Å². The van der Waals surface area contributed by atoms with E-state index in [1.165, 1.54) is 18.2 Å². The summed E-state index contributed by atoms with van der Waals surface area (Å²) in [5.41, 5.74) is 1.07. The fourth-order valence-electron chi connectivity index (χ4n) is 2.98. The zero-order chi connectivity index (χ0) is 22.9. The molecule has 3 aromatic rings. The van der Waals surface area contributed by atoms with Crippen LogP contribution in [0.4, 0.5) is 13.6 Å². The molecule has 168 valence electrons. The van der Waals surface area contributed by atoms with Crippen LogP contribution in [0, 0.1) is 11.6 Å². The van der Waals surface area contributed by atoms with E-state index in [9.17, 15) is 13.6 Å². The predicted octanol–water partition coefficient (Wildman–Crippen LogP) is 4.43. The van der Waals surface area contributed by atoms with Crippen LogP contribution in [0.5, 0.6) is 11.6 Å². The van der Waals surface area contributed by atoms with Gasteiger partial charge in [0.2, 0.25) is 5.88 Å². The van der Waals surface area contributed by atoms with Crippen molar-refractivity contribution >= 4 is 6.03 Å². The van der Waals surface area contributed by atoms with Crippen molar-refractivity contribution in [2.24, 2.45) is 0 Å². The van der Waals surface area contributed by atoms with Gasteiger partial charge in [-0.25, -0.2) is 18.6 Å². The Labute approximate surface area is 186 Å². The highest BCUT2D eigenvalue weighted by Gasteiger charge is 2.17. The molecule has 0 aliphatic rings. The molecule has 8 heteroatoms. The first-order valence-corrected chi connectivity index (χ1v) is 10.2. The molecule has 0 radical (unpaired) electrons. The van der Waals surface area contributed by atoms with E-state index in [1.807, 2.05) is 19.0 Å². The lowest BCUT2D eigenvalue weighted by Gasteiger charge is -2.25. The van der Waals surface area contributed by atoms with Gasteiger partial charge in [-0.15, -0.1) is 0 Å². The summed E-state index contributed by atoms with van der Waals surface area (Å²) in [5, 5.41) is 2.85. The number of hydrogen-bond donors (Lipinski definition) is 1. The Bertz CT molecular complexity index is 1050. The summed E-state index contributed by atoms with van der Waals surface area (Å²) in [6, 6.07) is 15.3. The van der Waals surface area contributed by atoms with Crippen molar-refractivity contribution in [1.29, 1.82) is 0 Å². The average Bonchev–Trinajstić information content (AvgIpc) is 2.77. The molecule has 0 aliphatic heterocycles. The number of nitrogens with zero attached hydrogens (tertiary/aromatic N) is 3. The Morgan fingerprint density at radius 2 is 1.78 bits per heavy atom. The molecule has 0 spiro atoms. The highest BCUT2D eigenvalue weighted by atomic mass is 19.1. The van der Waals surface area contributed by atoms with Gasteiger partial charge in [0.25, 0.3) is 0 Å². The van der Waals surface area contributed by atoms with Gasteiger partial charge < -0.3 is 19.9 Å². The third kappa shape index (κ3) is 6.75. The van der Waals surface area contributed by atoms with E-state index >= 15 is 0 Å². The standard InChI is InChI=1S/C24H26F2N4O2/c1-29(2)13-14-30(17-19-7-3-4-11-22(19)26)24(31)28-16-18-8-6-12-27-23(18)32-21-10-5-9-20(25)15-21/h3-12,15H,13-14,16-17H2,1-2H3,(H,28,31). The Hall–Kier alpha value is -3.52. The summed E-state index contributed by atoms with van der Waals surface area (Å²) >= 11 is 0. The Morgan fingerprint density at radius 3 is 2.53 bits per heavy atom. The smallest absolute Gasteiger partial charge is 0.318 e. The normalized spacial score (nSPS) is 10.8. The second-order valence-corrected chi connectivity index (χ2v) is 7.50.